The number of hydrogen-bond acceptors (Lipinski definition) is 5. The summed E-state index contributed by atoms with van der Waals surface area (Å²) >= 11 is 1.39. The largest absolute Gasteiger partial charge is 0.494 e. The van der Waals surface area contributed by atoms with Crippen LogP contribution in [0.1, 0.15) is 44.1 Å². The molecular formula is C18H22N2O4S. The molecule has 0 fully saturated rings. The third-order valence-corrected chi connectivity index (χ3v) is 4.46. The number of carbonyl (C=O) groups is 2. The van der Waals surface area contributed by atoms with E-state index in [4.69, 9.17) is 9.84 Å². The van der Waals surface area contributed by atoms with E-state index in [0.717, 1.165) is 16.3 Å². The Labute approximate surface area is 150 Å². The van der Waals surface area contributed by atoms with Crippen LogP contribution in [0.2, 0.25) is 0 Å². The molecule has 2 aromatic rings. The zero-order valence-corrected chi connectivity index (χ0v) is 15.4. The molecule has 6 nitrogen and oxygen atoms in total. The van der Waals surface area contributed by atoms with Crippen molar-refractivity contribution in [2.75, 3.05) is 6.61 Å². The standard InChI is InChI=1S/C18H22N2O4S/c1-4-24-13-7-5-12(6-8-13)17-19-14(11-25-17)16(23)20-18(2,3)10-9-15(21)22/h5-8,11H,4,9-10H2,1-3H3,(H,20,23)(H,21,22). The second-order valence-electron chi connectivity index (χ2n) is 6.23. The number of aliphatic carboxylic acids is 1. The van der Waals surface area contributed by atoms with Crippen LogP contribution >= 0.6 is 11.3 Å². The van der Waals surface area contributed by atoms with Gasteiger partial charge in [0.2, 0.25) is 0 Å². The topological polar surface area (TPSA) is 88.5 Å². The number of carboxylic acid groups (broad SMARTS) is 1. The average Bonchev–Trinajstić information content (AvgIpc) is 3.04. The van der Waals surface area contributed by atoms with Gasteiger partial charge in [-0.05, 0) is 51.5 Å². The van der Waals surface area contributed by atoms with Gasteiger partial charge in [-0.25, -0.2) is 4.98 Å². The Bertz CT molecular complexity index is 738. The highest BCUT2D eigenvalue weighted by Crippen LogP contribution is 2.26. The van der Waals surface area contributed by atoms with Crippen LogP contribution in [0.5, 0.6) is 5.75 Å². The Morgan fingerprint density at radius 1 is 1.28 bits per heavy atom. The van der Waals surface area contributed by atoms with Crippen molar-refractivity contribution in [2.24, 2.45) is 0 Å². The number of amides is 1. The molecule has 0 spiro atoms. The molecule has 0 unspecified atom stereocenters. The summed E-state index contributed by atoms with van der Waals surface area (Å²) in [7, 11) is 0. The van der Waals surface area contributed by atoms with Gasteiger partial charge in [0.1, 0.15) is 16.5 Å². The van der Waals surface area contributed by atoms with E-state index < -0.39 is 11.5 Å². The summed E-state index contributed by atoms with van der Waals surface area (Å²) < 4.78 is 5.41. The number of rotatable bonds is 8. The molecule has 0 saturated heterocycles. The summed E-state index contributed by atoms with van der Waals surface area (Å²) in [6.45, 7) is 6.14. The maximum absolute atomic E-state index is 12.4. The minimum atomic E-state index is -0.881. The number of nitrogens with one attached hydrogen (secondary N) is 1. The first-order valence-corrected chi connectivity index (χ1v) is 8.92. The number of nitrogens with zero attached hydrogens (tertiary/aromatic N) is 1. The fourth-order valence-electron chi connectivity index (χ4n) is 2.22. The lowest BCUT2D eigenvalue weighted by Crippen LogP contribution is -2.43. The van der Waals surface area contributed by atoms with Gasteiger partial charge in [0.15, 0.2) is 0 Å². The van der Waals surface area contributed by atoms with Crippen molar-refractivity contribution in [3.63, 3.8) is 0 Å². The first-order valence-electron chi connectivity index (χ1n) is 8.04. The molecule has 0 aliphatic rings. The monoisotopic (exact) mass is 362 g/mol. The quantitative estimate of drug-likeness (QED) is 0.749. The molecule has 0 atom stereocenters. The van der Waals surface area contributed by atoms with Crippen molar-refractivity contribution in [1.29, 1.82) is 0 Å². The van der Waals surface area contributed by atoms with Crippen LogP contribution in [-0.4, -0.2) is 34.1 Å². The maximum atomic E-state index is 12.4. The van der Waals surface area contributed by atoms with Gasteiger partial charge in [-0.1, -0.05) is 0 Å². The van der Waals surface area contributed by atoms with Crippen LogP contribution in [-0.2, 0) is 4.79 Å². The minimum Gasteiger partial charge on any atom is -0.494 e. The molecule has 1 heterocycles. The van der Waals surface area contributed by atoms with E-state index >= 15 is 0 Å². The van der Waals surface area contributed by atoms with Crippen molar-refractivity contribution in [1.82, 2.24) is 10.3 Å². The summed E-state index contributed by atoms with van der Waals surface area (Å²) in [4.78, 5) is 27.4. The van der Waals surface area contributed by atoms with Gasteiger partial charge in [-0.3, -0.25) is 9.59 Å². The Hall–Kier alpha value is -2.41. The minimum absolute atomic E-state index is 0.00176. The molecule has 0 aliphatic carbocycles. The zero-order valence-electron chi connectivity index (χ0n) is 14.5. The Kier molecular flexibility index (Phi) is 6.14. The van der Waals surface area contributed by atoms with Crippen LogP contribution < -0.4 is 10.1 Å². The predicted molar refractivity (Wildman–Crippen MR) is 97.1 cm³/mol. The third kappa shape index (κ3) is 5.56. The summed E-state index contributed by atoms with van der Waals surface area (Å²) in [5, 5.41) is 14.1. The summed E-state index contributed by atoms with van der Waals surface area (Å²) in [6, 6.07) is 7.55. The molecule has 2 rings (SSSR count). The van der Waals surface area contributed by atoms with Gasteiger partial charge >= 0.3 is 5.97 Å². The van der Waals surface area contributed by atoms with E-state index in [2.05, 4.69) is 10.3 Å². The van der Waals surface area contributed by atoms with Crippen LogP contribution in [0, 0.1) is 0 Å². The maximum Gasteiger partial charge on any atom is 0.303 e. The zero-order chi connectivity index (χ0) is 18.4. The number of carboxylic acids is 1. The van der Waals surface area contributed by atoms with Crippen molar-refractivity contribution in [3.05, 3.63) is 35.3 Å². The highest BCUT2D eigenvalue weighted by Gasteiger charge is 2.23. The molecular weight excluding hydrogens is 340 g/mol. The third-order valence-electron chi connectivity index (χ3n) is 3.56. The summed E-state index contributed by atoms with van der Waals surface area (Å²) in [5.74, 6) is -0.390. The normalized spacial score (nSPS) is 11.2. The molecule has 1 amide bonds. The van der Waals surface area contributed by atoms with Gasteiger partial charge in [-0.15, -0.1) is 11.3 Å². The second kappa shape index (κ2) is 8.11. The van der Waals surface area contributed by atoms with E-state index in [9.17, 15) is 9.59 Å². The van der Waals surface area contributed by atoms with Gasteiger partial charge in [0.25, 0.3) is 5.91 Å². The highest BCUT2D eigenvalue weighted by molar-refractivity contribution is 7.13. The SMILES string of the molecule is CCOc1ccc(-c2nc(C(=O)NC(C)(C)CCC(=O)O)cs2)cc1. The highest BCUT2D eigenvalue weighted by atomic mass is 32.1. The van der Waals surface area contributed by atoms with Crippen LogP contribution in [0.15, 0.2) is 29.6 Å². The van der Waals surface area contributed by atoms with Crippen LogP contribution in [0.25, 0.3) is 10.6 Å². The molecule has 1 aromatic heterocycles. The van der Waals surface area contributed by atoms with Crippen molar-refractivity contribution in [2.45, 2.75) is 39.2 Å². The van der Waals surface area contributed by atoms with Gasteiger partial charge in [-0.2, -0.15) is 0 Å². The number of carbonyl (C=O) groups excluding carboxylic acids is 1. The van der Waals surface area contributed by atoms with Crippen molar-refractivity contribution < 1.29 is 19.4 Å². The second-order valence-corrected chi connectivity index (χ2v) is 7.09. The van der Waals surface area contributed by atoms with E-state index in [-0.39, 0.29) is 12.3 Å². The average molecular weight is 362 g/mol. The Balaban J connectivity index is 2.04. The van der Waals surface area contributed by atoms with Crippen LogP contribution in [0.4, 0.5) is 0 Å². The van der Waals surface area contributed by atoms with E-state index in [0.29, 0.717) is 18.7 Å². The fraction of sp³-hybridized carbons (Fsp3) is 0.389. The lowest BCUT2D eigenvalue weighted by atomic mass is 9.98. The molecule has 0 bridgehead atoms. The van der Waals surface area contributed by atoms with Crippen molar-refractivity contribution in [3.8, 4) is 16.3 Å². The Morgan fingerprint density at radius 3 is 2.56 bits per heavy atom. The lowest BCUT2D eigenvalue weighted by molar-refractivity contribution is -0.137. The summed E-state index contributed by atoms with van der Waals surface area (Å²) in [6.07, 6.45) is 0.353. The molecule has 7 heteroatoms. The molecule has 134 valence electrons. The fourth-order valence-corrected chi connectivity index (χ4v) is 3.03. The van der Waals surface area contributed by atoms with Gasteiger partial charge < -0.3 is 15.2 Å². The first-order chi connectivity index (χ1) is 11.8. The summed E-state index contributed by atoms with van der Waals surface area (Å²) in [5.41, 5.74) is 0.633. The molecule has 0 aliphatic heterocycles. The molecule has 25 heavy (non-hydrogen) atoms. The number of hydrogen-bond donors (Lipinski definition) is 2. The number of benzene rings is 1. The molecule has 0 saturated carbocycles. The van der Waals surface area contributed by atoms with Crippen LogP contribution in [0.3, 0.4) is 0 Å². The van der Waals surface area contributed by atoms with E-state index in [1.54, 1.807) is 19.2 Å². The lowest BCUT2D eigenvalue weighted by Gasteiger charge is -2.25. The smallest absolute Gasteiger partial charge is 0.303 e. The predicted octanol–water partition coefficient (Wildman–Crippen LogP) is 3.58. The van der Waals surface area contributed by atoms with Gasteiger partial charge in [0, 0.05) is 22.9 Å². The number of thiazole rings is 1. The molecule has 2 N–H and O–H groups in total. The Morgan fingerprint density at radius 2 is 1.96 bits per heavy atom. The van der Waals surface area contributed by atoms with Gasteiger partial charge in [0.05, 0.1) is 6.61 Å². The van der Waals surface area contributed by atoms with E-state index in [1.165, 1.54) is 11.3 Å². The van der Waals surface area contributed by atoms with Crippen molar-refractivity contribution >= 4 is 23.2 Å². The van der Waals surface area contributed by atoms with E-state index in [1.807, 2.05) is 31.2 Å². The number of ether oxygens (including phenoxy) is 1. The molecule has 0 radical (unpaired) electrons. The molecule has 1 aromatic carbocycles. The first kappa shape index (κ1) is 18.9. The number of aromatic nitrogens is 1.